The Bertz CT molecular complexity index is 116. The monoisotopic (exact) mass is 296 g/mol. The molecule has 0 fully saturated rings. The van der Waals surface area contributed by atoms with E-state index in [0.29, 0.717) is 32.7 Å². The van der Waals surface area contributed by atoms with Crippen LogP contribution in [0.4, 0.5) is 0 Å². The van der Waals surface area contributed by atoms with Crippen molar-refractivity contribution in [1.82, 2.24) is 0 Å². The smallest absolute Gasteiger partial charge is 0.282 e. The first-order chi connectivity index (χ1) is 6.74. The molecule has 0 saturated carbocycles. The molecule has 0 bridgehead atoms. The minimum Gasteiger partial charge on any atom is -0.396 e. The topological polar surface area (TPSA) is 47.9 Å². The molecule has 0 atom stereocenters. The third-order valence-electron chi connectivity index (χ3n) is 1.73. The van der Waals surface area contributed by atoms with Gasteiger partial charge in [-0.3, -0.25) is 0 Å². The van der Waals surface area contributed by atoms with E-state index in [1.54, 1.807) is 0 Å². The first-order valence-electron chi connectivity index (χ1n) is 5.27. The van der Waals surface area contributed by atoms with Crippen LogP contribution in [0, 0.1) is 0 Å². The summed E-state index contributed by atoms with van der Waals surface area (Å²) in [4.78, 5) is 0. The summed E-state index contributed by atoms with van der Waals surface area (Å²) in [6.45, 7) is 7.40. The molecule has 0 aliphatic heterocycles. The Labute approximate surface area is 111 Å². The number of hydrogen-bond acceptors (Lipinski definition) is 4. The Kier molecular flexibility index (Phi) is 13.5. The fourth-order valence-electron chi connectivity index (χ4n) is 1.30. The normalized spacial score (nSPS) is 11.2. The van der Waals surface area contributed by atoms with Gasteiger partial charge in [0.1, 0.15) is 0 Å². The van der Waals surface area contributed by atoms with E-state index in [0.717, 1.165) is 0 Å². The first-order valence-corrected chi connectivity index (χ1v) is 5.27. The molecule has 0 radical (unpaired) electrons. The summed E-state index contributed by atoms with van der Waals surface area (Å²) >= 11 is 0. The summed E-state index contributed by atoms with van der Waals surface area (Å²) in [6, 6.07) is 0. The zero-order valence-electron chi connectivity index (χ0n) is 9.91. The molecule has 0 aromatic heterocycles. The predicted octanol–water partition coefficient (Wildman–Crippen LogP) is 1.52. The summed E-state index contributed by atoms with van der Waals surface area (Å²) in [5.41, 5.74) is 0. The van der Waals surface area contributed by atoms with Crippen molar-refractivity contribution in [2.45, 2.75) is 39.6 Å². The second-order valence-electron chi connectivity index (χ2n) is 2.81. The quantitative estimate of drug-likeness (QED) is 0.656. The molecule has 90 valence electrons. The van der Waals surface area contributed by atoms with Crippen LogP contribution in [0.1, 0.15) is 33.6 Å². The van der Waals surface area contributed by atoms with Gasteiger partial charge in [0.05, 0.1) is 0 Å². The van der Waals surface area contributed by atoms with Crippen LogP contribution in [-0.4, -0.2) is 37.5 Å². The first kappa shape index (κ1) is 18.1. The third kappa shape index (κ3) is 7.59. The van der Waals surface area contributed by atoms with Gasteiger partial charge in [0, 0.05) is 59.1 Å². The van der Waals surface area contributed by atoms with Gasteiger partial charge >= 0.3 is 0 Å². The van der Waals surface area contributed by atoms with E-state index in [9.17, 15) is 0 Å². The van der Waals surface area contributed by atoms with Crippen molar-refractivity contribution in [2.75, 3.05) is 26.4 Å². The molecule has 5 heteroatoms. The fourth-order valence-corrected chi connectivity index (χ4v) is 1.30. The molecular weight excluding hydrogens is 275 g/mol. The molecule has 0 unspecified atom stereocenters. The van der Waals surface area contributed by atoms with E-state index in [-0.39, 0.29) is 32.8 Å². The SMILES string of the molecule is CCOC(CCCO)(OCC)OCC.[Zr]. The van der Waals surface area contributed by atoms with Crippen LogP contribution < -0.4 is 0 Å². The van der Waals surface area contributed by atoms with Crippen molar-refractivity contribution in [2.24, 2.45) is 0 Å². The molecule has 0 amide bonds. The van der Waals surface area contributed by atoms with E-state index < -0.39 is 5.97 Å². The van der Waals surface area contributed by atoms with E-state index >= 15 is 0 Å². The Morgan fingerprint density at radius 1 is 0.933 bits per heavy atom. The van der Waals surface area contributed by atoms with Crippen molar-refractivity contribution in [3.05, 3.63) is 0 Å². The van der Waals surface area contributed by atoms with E-state index in [1.807, 2.05) is 20.8 Å². The largest absolute Gasteiger partial charge is 0.396 e. The van der Waals surface area contributed by atoms with E-state index in [1.165, 1.54) is 0 Å². The zero-order valence-corrected chi connectivity index (χ0v) is 12.4. The molecule has 0 aromatic rings. The maximum atomic E-state index is 8.77. The maximum absolute atomic E-state index is 8.77. The van der Waals surface area contributed by atoms with Gasteiger partial charge in [-0.15, -0.1) is 0 Å². The number of hydrogen-bond donors (Lipinski definition) is 1. The van der Waals surface area contributed by atoms with Crippen LogP contribution in [0.5, 0.6) is 0 Å². The number of aliphatic hydroxyl groups is 1. The molecule has 0 spiro atoms. The summed E-state index contributed by atoms with van der Waals surface area (Å²) in [7, 11) is 0. The summed E-state index contributed by atoms with van der Waals surface area (Å²) in [5.74, 6) is -0.957. The Morgan fingerprint density at radius 2 is 1.33 bits per heavy atom. The van der Waals surface area contributed by atoms with Crippen molar-refractivity contribution >= 4 is 0 Å². The molecule has 15 heavy (non-hydrogen) atoms. The average molecular weight is 298 g/mol. The van der Waals surface area contributed by atoms with Crippen molar-refractivity contribution < 1.29 is 45.5 Å². The van der Waals surface area contributed by atoms with Crippen molar-refractivity contribution in [1.29, 1.82) is 0 Å². The van der Waals surface area contributed by atoms with Crippen LogP contribution in [0.25, 0.3) is 0 Å². The van der Waals surface area contributed by atoms with Crippen LogP contribution in [0.2, 0.25) is 0 Å². The fraction of sp³-hybridized carbons (Fsp3) is 1.00. The number of ether oxygens (including phenoxy) is 3. The second kappa shape index (κ2) is 11.2. The van der Waals surface area contributed by atoms with Gasteiger partial charge < -0.3 is 19.3 Å². The molecule has 4 nitrogen and oxygen atoms in total. The molecule has 0 heterocycles. The summed E-state index contributed by atoms with van der Waals surface area (Å²) < 4.78 is 16.4. The van der Waals surface area contributed by atoms with Gasteiger partial charge in [-0.1, -0.05) is 0 Å². The summed E-state index contributed by atoms with van der Waals surface area (Å²) in [5, 5.41) is 8.77. The van der Waals surface area contributed by atoms with Gasteiger partial charge in [0.15, 0.2) is 0 Å². The molecular formula is C10H22O4Zr. The van der Waals surface area contributed by atoms with Gasteiger partial charge in [-0.05, 0) is 27.2 Å². The predicted molar refractivity (Wildman–Crippen MR) is 53.9 cm³/mol. The van der Waals surface area contributed by atoms with Crippen molar-refractivity contribution in [3.8, 4) is 0 Å². The van der Waals surface area contributed by atoms with Crippen molar-refractivity contribution in [3.63, 3.8) is 0 Å². The van der Waals surface area contributed by atoms with E-state index in [4.69, 9.17) is 19.3 Å². The van der Waals surface area contributed by atoms with Gasteiger partial charge in [0.25, 0.3) is 5.97 Å². The molecule has 0 aliphatic rings. The van der Waals surface area contributed by atoms with Crippen LogP contribution >= 0.6 is 0 Å². The third-order valence-corrected chi connectivity index (χ3v) is 1.73. The van der Waals surface area contributed by atoms with Gasteiger partial charge in [0.2, 0.25) is 0 Å². The Hall–Kier alpha value is 0.723. The van der Waals surface area contributed by atoms with Crippen LogP contribution in [0.15, 0.2) is 0 Å². The van der Waals surface area contributed by atoms with Gasteiger partial charge in [-0.2, -0.15) is 0 Å². The molecule has 0 saturated heterocycles. The minimum absolute atomic E-state index is 0. The molecule has 1 N–H and O–H groups in total. The molecule has 0 aliphatic carbocycles. The molecule has 0 rings (SSSR count). The zero-order chi connectivity index (χ0) is 10.9. The number of rotatable bonds is 9. The van der Waals surface area contributed by atoms with Gasteiger partial charge in [-0.25, -0.2) is 0 Å². The Morgan fingerprint density at radius 3 is 1.60 bits per heavy atom. The molecule has 0 aromatic carbocycles. The standard InChI is InChI=1S/C10H22O4.Zr/c1-4-12-10(13-5-2,14-6-3)8-7-9-11;/h11H,4-9H2,1-3H3;. The average Bonchev–Trinajstić information content (AvgIpc) is 2.16. The van der Waals surface area contributed by atoms with Crippen LogP contribution in [0.3, 0.4) is 0 Å². The Balaban J connectivity index is 0. The van der Waals surface area contributed by atoms with E-state index in [2.05, 4.69) is 0 Å². The van der Waals surface area contributed by atoms with Crippen LogP contribution in [-0.2, 0) is 40.4 Å². The minimum atomic E-state index is -0.957. The number of aliphatic hydroxyl groups excluding tert-OH is 1. The maximum Gasteiger partial charge on any atom is 0.282 e. The summed E-state index contributed by atoms with van der Waals surface area (Å²) in [6.07, 6.45) is 1.17. The second-order valence-corrected chi connectivity index (χ2v) is 2.81.